The third-order valence-corrected chi connectivity index (χ3v) is 4.91. The topological polar surface area (TPSA) is 0 Å². The second-order valence-electron chi connectivity index (χ2n) is 6.07. The molecule has 0 N–H and O–H groups in total. The lowest BCUT2D eigenvalue weighted by Gasteiger charge is -2.37. The third kappa shape index (κ3) is 2.57. The van der Waals surface area contributed by atoms with Gasteiger partial charge < -0.3 is 0 Å². The van der Waals surface area contributed by atoms with Crippen molar-refractivity contribution in [3.63, 3.8) is 0 Å². The van der Waals surface area contributed by atoms with E-state index in [-0.39, 0.29) is 5.41 Å². The first-order valence-corrected chi connectivity index (χ1v) is 7.89. The summed E-state index contributed by atoms with van der Waals surface area (Å²) in [5, 5.41) is 0. The van der Waals surface area contributed by atoms with Crippen molar-refractivity contribution >= 4 is 0 Å². The van der Waals surface area contributed by atoms with Crippen molar-refractivity contribution in [1.29, 1.82) is 0 Å². The monoisotopic (exact) mass is 286 g/mol. The molecule has 0 unspecified atom stereocenters. The molecule has 0 radical (unpaired) electrons. The second kappa shape index (κ2) is 6.19. The zero-order chi connectivity index (χ0) is 15.4. The molecule has 0 saturated carbocycles. The molecule has 3 rings (SSSR count). The summed E-state index contributed by atoms with van der Waals surface area (Å²) < 4.78 is 0. The maximum Gasteiger partial charge on any atom is 0.0240 e. The number of rotatable bonds is 4. The molecule has 0 aliphatic rings. The van der Waals surface area contributed by atoms with Crippen molar-refractivity contribution in [3.05, 3.63) is 108 Å². The molecule has 0 heteroatoms. The SMILES string of the molecule is C[C@@H](c1ccccc1)C(C)(c1ccccc1)c1ccccc1. The second-order valence-corrected chi connectivity index (χ2v) is 6.07. The number of hydrogen-bond acceptors (Lipinski definition) is 0. The van der Waals surface area contributed by atoms with E-state index < -0.39 is 0 Å². The minimum atomic E-state index is -0.0517. The predicted octanol–water partition coefficient (Wildman–Crippen LogP) is 5.80. The van der Waals surface area contributed by atoms with Gasteiger partial charge in [0.15, 0.2) is 0 Å². The van der Waals surface area contributed by atoms with Crippen LogP contribution in [0.15, 0.2) is 91.0 Å². The molecule has 3 aromatic rings. The molecule has 0 spiro atoms. The van der Waals surface area contributed by atoms with Crippen molar-refractivity contribution in [2.75, 3.05) is 0 Å². The molecule has 110 valence electrons. The first-order valence-electron chi connectivity index (χ1n) is 7.89. The Bertz CT molecular complexity index is 659. The Morgan fingerprint density at radius 3 is 1.36 bits per heavy atom. The Kier molecular flexibility index (Phi) is 4.11. The van der Waals surface area contributed by atoms with Crippen molar-refractivity contribution in [2.45, 2.75) is 25.2 Å². The molecule has 0 aliphatic carbocycles. The summed E-state index contributed by atoms with van der Waals surface area (Å²) in [7, 11) is 0. The van der Waals surface area contributed by atoms with Gasteiger partial charge in [-0.3, -0.25) is 0 Å². The van der Waals surface area contributed by atoms with E-state index in [9.17, 15) is 0 Å². The minimum Gasteiger partial charge on any atom is -0.0622 e. The van der Waals surface area contributed by atoms with Gasteiger partial charge >= 0.3 is 0 Å². The Morgan fingerprint density at radius 2 is 0.955 bits per heavy atom. The molecular formula is C22H22. The first-order chi connectivity index (χ1) is 10.7. The summed E-state index contributed by atoms with van der Waals surface area (Å²) in [6.45, 7) is 4.69. The van der Waals surface area contributed by atoms with Gasteiger partial charge in [-0.15, -0.1) is 0 Å². The summed E-state index contributed by atoms with van der Waals surface area (Å²) in [5.41, 5.74) is 4.04. The summed E-state index contributed by atoms with van der Waals surface area (Å²) in [4.78, 5) is 0. The van der Waals surface area contributed by atoms with Crippen molar-refractivity contribution in [1.82, 2.24) is 0 Å². The van der Waals surface area contributed by atoms with Crippen LogP contribution in [-0.2, 0) is 5.41 Å². The maximum absolute atomic E-state index is 2.36. The maximum atomic E-state index is 2.36. The zero-order valence-electron chi connectivity index (χ0n) is 13.2. The molecule has 0 fully saturated rings. The molecule has 0 heterocycles. The normalized spacial score (nSPS) is 12.8. The van der Waals surface area contributed by atoms with Crippen LogP contribution in [-0.4, -0.2) is 0 Å². The van der Waals surface area contributed by atoms with Crippen LogP contribution < -0.4 is 0 Å². The van der Waals surface area contributed by atoms with Gasteiger partial charge in [0.05, 0.1) is 0 Å². The van der Waals surface area contributed by atoms with E-state index in [1.54, 1.807) is 0 Å². The van der Waals surface area contributed by atoms with Gasteiger partial charge in [0.1, 0.15) is 0 Å². The minimum absolute atomic E-state index is 0.0517. The lowest BCUT2D eigenvalue weighted by atomic mass is 9.66. The average molecular weight is 286 g/mol. The smallest absolute Gasteiger partial charge is 0.0240 e. The van der Waals surface area contributed by atoms with E-state index >= 15 is 0 Å². The van der Waals surface area contributed by atoms with E-state index in [2.05, 4.69) is 105 Å². The summed E-state index contributed by atoms with van der Waals surface area (Å²) in [6.07, 6.45) is 0. The highest BCUT2D eigenvalue weighted by atomic mass is 14.4. The fourth-order valence-corrected chi connectivity index (χ4v) is 3.31. The van der Waals surface area contributed by atoms with Crippen LogP contribution in [0.1, 0.15) is 36.5 Å². The van der Waals surface area contributed by atoms with Gasteiger partial charge in [0, 0.05) is 5.41 Å². The van der Waals surface area contributed by atoms with Crippen molar-refractivity contribution in [2.24, 2.45) is 0 Å². The fraction of sp³-hybridized carbons (Fsp3) is 0.182. The van der Waals surface area contributed by atoms with E-state index in [0.29, 0.717) is 5.92 Å². The highest BCUT2D eigenvalue weighted by Crippen LogP contribution is 2.43. The lowest BCUT2D eigenvalue weighted by molar-refractivity contribution is 0.474. The molecule has 0 aliphatic heterocycles. The van der Waals surface area contributed by atoms with Crippen LogP contribution in [0.5, 0.6) is 0 Å². The van der Waals surface area contributed by atoms with Crippen LogP contribution in [0.3, 0.4) is 0 Å². The van der Waals surface area contributed by atoms with Gasteiger partial charge in [0.25, 0.3) is 0 Å². The quantitative estimate of drug-likeness (QED) is 0.569. The molecule has 0 amide bonds. The summed E-state index contributed by atoms with van der Waals surface area (Å²) in [6, 6.07) is 32.5. The molecular weight excluding hydrogens is 264 g/mol. The summed E-state index contributed by atoms with van der Waals surface area (Å²) in [5.74, 6) is 0.388. The number of hydrogen-bond donors (Lipinski definition) is 0. The molecule has 0 nitrogen and oxygen atoms in total. The van der Waals surface area contributed by atoms with E-state index in [0.717, 1.165) is 0 Å². The van der Waals surface area contributed by atoms with Gasteiger partial charge in [-0.05, 0) is 22.6 Å². The highest BCUT2D eigenvalue weighted by Gasteiger charge is 2.35. The lowest BCUT2D eigenvalue weighted by Crippen LogP contribution is -2.30. The molecule has 1 atom stereocenters. The van der Waals surface area contributed by atoms with Crippen LogP contribution in [0.4, 0.5) is 0 Å². The van der Waals surface area contributed by atoms with Gasteiger partial charge in [0.2, 0.25) is 0 Å². The largest absolute Gasteiger partial charge is 0.0622 e. The number of benzene rings is 3. The van der Waals surface area contributed by atoms with Crippen LogP contribution in [0.2, 0.25) is 0 Å². The van der Waals surface area contributed by atoms with Crippen LogP contribution in [0, 0.1) is 0 Å². The van der Waals surface area contributed by atoms with Gasteiger partial charge in [-0.25, -0.2) is 0 Å². The van der Waals surface area contributed by atoms with Crippen molar-refractivity contribution < 1.29 is 0 Å². The van der Waals surface area contributed by atoms with Gasteiger partial charge in [-0.1, -0.05) is 105 Å². The Balaban J connectivity index is 2.16. The predicted molar refractivity (Wildman–Crippen MR) is 94.2 cm³/mol. The average Bonchev–Trinajstić information content (AvgIpc) is 2.62. The zero-order valence-corrected chi connectivity index (χ0v) is 13.2. The van der Waals surface area contributed by atoms with Gasteiger partial charge in [-0.2, -0.15) is 0 Å². The molecule has 22 heavy (non-hydrogen) atoms. The van der Waals surface area contributed by atoms with Crippen LogP contribution >= 0.6 is 0 Å². The third-order valence-electron chi connectivity index (χ3n) is 4.91. The van der Waals surface area contributed by atoms with E-state index in [1.807, 2.05) is 0 Å². The standard InChI is InChI=1S/C22H22/c1-18(19-12-6-3-7-13-19)22(2,20-14-8-4-9-15-20)21-16-10-5-11-17-21/h3-18H,1-2H3/t18-/m0/s1. The molecule has 0 aromatic heterocycles. The van der Waals surface area contributed by atoms with Crippen LogP contribution in [0.25, 0.3) is 0 Å². The van der Waals surface area contributed by atoms with E-state index in [4.69, 9.17) is 0 Å². The molecule has 3 aromatic carbocycles. The Hall–Kier alpha value is -2.34. The summed E-state index contributed by atoms with van der Waals surface area (Å²) >= 11 is 0. The molecule has 0 bridgehead atoms. The Labute approximate surface area is 133 Å². The first kappa shape index (κ1) is 14.6. The fourth-order valence-electron chi connectivity index (χ4n) is 3.31. The van der Waals surface area contributed by atoms with Crippen molar-refractivity contribution in [3.8, 4) is 0 Å². The Morgan fingerprint density at radius 1 is 0.591 bits per heavy atom. The van der Waals surface area contributed by atoms with E-state index in [1.165, 1.54) is 16.7 Å². The molecule has 0 saturated heterocycles. The highest BCUT2D eigenvalue weighted by molar-refractivity contribution is 5.43.